The highest BCUT2D eigenvalue weighted by Gasteiger charge is 2.37. The van der Waals surface area contributed by atoms with Crippen molar-refractivity contribution < 1.29 is 9.18 Å². The number of carbonyl (C=O) groups is 1. The average molecular weight is 365 g/mol. The molecular formula is C22H24FN3O. The molecule has 1 unspecified atom stereocenters. The Hall–Kier alpha value is -2.69. The molecule has 0 saturated heterocycles. The summed E-state index contributed by atoms with van der Waals surface area (Å²) in [5.74, 6) is -0.284. The van der Waals surface area contributed by atoms with Gasteiger partial charge in [-0.1, -0.05) is 49.6 Å². The molecule has 0 spiro atoms. The summed E-state index contributed by atoms with van der Waals surface area (Å²) in [5.41, 5.74) is 8.70. The molecule has 0 aromatic heterocycles. The van der Waals surface area contributed by atoms with Gasteiger partial charge >= 0.3 is 0 Å². The normalized spacial score (nSPS) is 20.6. The minimum Gasteiger partial charge on any atom is -0.399 e. The first-order chi connectivity index (χ1) is 13.1. The zero-order valence-electron chi connectivity index (χ0n) is 15.3. The van der Waals surface area contributed by atoms with Crippen LogP contribution in [-0.2, 0) is 4.79 Å². The smallest absolute Gasteiger partial charge is 0.246 e. The molecule has 1 aliphatic heterocycles. The number of halogens is 1. The third-order valence-corrected chi connectivity index (χ3v) is 5.60. The maximum absolute atomic E-state index is 14.5. The van der Waals surface area contributed by atoms with Gasteiger partial charge in [-0.05, 0) is 36.6 Å². The van der Waals surface area contributed by atoms with E-state index in [9.17, 15) is 9.18 Å². The molecule has 1 atom stereocenters. The minimum atomic E-state index is -0.395. The topological polar surface area (TPSA) is 58.7 Å². The van der Waals surface area contributed by atoms with Crippen LogP contribution in [0.4, 0.5) is 10.1 Å². The molecule has 1 fully saturated rings. The Labute approximate surface area is 158 Å². The molecular weight excluding hydrogens is 341 g/mol. The largest absolute Gasteiger partial charge is 0.399 e. The third kappa shape index (κ3) is 3.59. The number of anilines is 1. The van der Waals surface area contributed by atoms with E-state index in [0.29, 0.717) is 17.7 Å². The number of carbonyl (C=O) groups excluding carboxylic acids is 1. The molecule has 4 rings (SSSR count). The summed E-state index contributed by atoms with van der Waals surface area (Å²) in [5, 5.41) is 6.20. The van der Waals surface area contributed by atoms with Crippen LogP contribution in [0.5, 0.6) is 0 Å². The van der Waals surface area contributed by atoms with E-state index in [1.165, 1.54) is 12.5 Å². The monoisotopic (exact) mass is 365 g/mol. The van der Waals surface area contributed by atoms with Gasteiger partial charge in [0.15, 0.2) is 0 Å². The van der Waals surface area contributed by atoms with Crippen LogP contribution in [0.3, 0.4) is 0 Å². The van der Waals surface area contributed by atoms with Gasteiger partial charge in [0.2, 0.25) is 5.91 Å². The fourth-order valence-corrected chi connectivity index (χ4v) is 4.09. The lowest BCUT2D eigenvalue weighted by Crippen LogP contribution is -2.34. The number of rotatable bonds is 3. The summed E-state index contributed by atoms with van der Waals surface area (Å²) < 4.78 is 14.5. The molecule has 2 aromatic carbocycles. The number of hydrogen-bond acceptors (Lipinski definition) is 3. The predicted molar refractivity (Wildman–Crippen MR) is 105 cm³/mol. The highest BCUT2D eigenvalue weighted by atomic mass is 19.1. The van der Waals surface area contributed by atoms with Crippen LogP contribution < -0.4 is 5.73 Å². The molecule has 2 aliphatic rings. The van der Waals surface area contributed by atoms with Crippen LogP contribution in [0.15, 0.2) is 53.6 Å². The van der Waals surface area contributed by atoms with Gasteiger partial charge in [0.25, 0.3) is 0 Å². The van der Waals surface area contributed by atoms with Crippen molar-refractivity contribution >= 4 is 17.3 Å². The molecule has 1 aliphatic carbocycles. The Balaban J connectivity index is 1.68. The standard InChI is InChI=1S/C22H24FN3O/c23-19-9-5-4-8-18(19)21-14-20(15-10-12-17(24)13-11-15)25-26(21)22(27)16-6-2-1-3-7-16/h4-5,8-13,16,21H,1-3,6-7,14,24H2. The predicted octanol–water partition coefficient (Wildman–Crippen LogP) is 4.67. The Bertz CT molecular complexity index is 856. The first-order valence-electron chi connectivity index (χ1n) is 9.64. The lowest BCUT2D eigenvalue weighted by molar-refractivity contribution is -0.138. The highest BCUT2D eigenvalue weighted by molar-refractivity contribution is 6.03. The van der Waals surface area contributed by atoms with Gasteiger partial charge in [-0.25, -0.2) is 9.40 Å². The number of hydrogen-bond donors (Lipinski definition) is 1. The Morgan fingerprint density at radius 1 is 1.04 bits per heavy atom. The van der Waals surface area contributed by atoms with Gasteiger partial charge in [-0.15, -0.1) is 0 Å². The minimum absolute atomic E-state index is 0.0115. The summed E-state index contributed by atoms with van der Waals surface area (Å²) in [6, 6.07) is 13.7. The summed E-state index contributed by atoms with van der Waals surface area (Å²) in [6.07, 6.45) is 5.62. The van der Waals surface area contributed by atoms with Crippen molar-refractivity contribution in [2.45, 2.75) is 44.6 Å². The van der Waals surface area contributed by atoms with Gasteiger partial charge in [-0.3, -0.25) is 4.79 Å². The Kier molecular flexibility index (Phi) is 4.92. The van der Waals surface area contributed by atoms with E-state index in [1.54, 1.807) is 17.1 Å². The summed E-state index contributed by atoms with van der Waals surface area (Å²) >= 11 is 0. The van der Waals surface area contributed by atoms with Crippen molar-refractivity contribution in [2.24, 2.45) is 11.0 Å². The zero-order valence-corrected chi connectivity index (χ0v) is 15.3. The van der Waals surface area contributed by atoms with Crippen molar-refractivity contribution in [1.29, 1.82) is 0 Å². The van der Waals surface area contributed by atoms with Gasteiger partial charge < -0.3 is 5.73 Å². The molecule has 0 radical (unpaired) electrons. The zero-order chi connectivity index (χ0) is 18.8. The maximum Gasteiger partial charge on any atom is 0.246 e. The number of hydrazone groups is 1. The van der Waals surface area contributed by atoms with Crippen molar-refractivity contribution in [3.05, 3.63) is 65.5 Å². The molecule has 1 saturated carbocycles. The number of amides is 1. The van der Waals surface area contributed by atoms with Gasteiger partial charge in [0, 0.05) is 23.6 Å². The summed E-state index contributed by atoms with van der Waals surface area (Å²) in [7, 11) is 0. The van der Waals surface area contributed by atoms with Crippen molar-refractivity contribution in [2.75, 3.05) is 5.73 Å². The van der Waals surface area contributed by atoms with Crippen molar-refractivity contribution in [1.82, 2.24) is 5.01 Å². The highest BCUT2D eigenvalue weighted by Crippen LogP contribution is 2.37. The van der Waals surface area contributed by atoms with E-state index in [2.05, 4.69) is 5.10 Å². The lowest BCUT2D eigenvalue weighted by atomic mass is 9.88. The van der Waals surface area contributed by atoms with Gasteiger partial charge in [-0.2, -0.15) is 5.10 Å². The van der Waals surface area contributed by atoms with Crippen LogP contribution in [0.1, 0.15) is 55.7 Å². The van der Waals surface area contributed by atoms with Gasteiger partial charge in [0.1, 0.15) is 5.82 Å². The van der Waals surface area contributed by atoms with Crippen LogP contribution in [0.2, 0.25) is 0 Å². The fourth-order valence-electron chi connectivity index (χ4n) is 4.09. The third-order valence-electron chi connectivity index (χ3n) is 5.60. The average Bonchev–Trinajstić information content (AvgIpc) is 3.14. The molecule has 2 N–H and O–H groups in total. The van der Waals surface area contributed by atoms with E-state index in [0.717, 1.165) is 37.0 Å². The van der Waals surface area contributed by atoms with Crippen LogP contribution >= 0.6 is 0 Å². The summed E-state index contributed by atoms with van der Waals surface area (Å²) in [6.45, 7) is 0. The second kappa shape index (κ2) is 7.51. The van der Waals surface area contributed by atoms with E-state index in [1.807, 2.05) is 30.3 Å². The number of benzene rings is 2. The van der Waals surface area contributed by atoms with E-state index in [-0.39, 0.29) is 17.6 Å². The molecule has 4 nitrogen and oxygen atoms in total. The second-order valence-electron chi connectivity index (χ2n) is 7.43. The number of nitrogens with two attached hydrogens (primary N) is 1. The first kappa shape index (κ1) is 17.7. The van der Waals surface area contributed by atoms with Crippen LogP contribution in [0.25, 0.3) is 0 Å². The molecule has 2 aromatic rings. The first-order valence-corrected chi connectivity index (χ1v) is 9.64. The molecule has 1 amide bonds. The SMILES string of the molecule is Nc1ccc(C2=NN(C(=O)C3CCCCC3)C(c3ccccc3F)C2)cc1. The van der Waals surface area contributed by atoms with Crippen LogP contribution in [-0.4, -0.2) is 16.6 Å². The van der Waals surface area contributed by atoms with Crippen LogP contribution in [0, 0.1) is 11.7 Å². The van der Waals surface area contributed by atoms with E-state index >= 15 is 0 Å². The molecule has 140 valence electrons. The van der Waals surface area contributed by atoms with E-state index in [4.69, 9.17) is 5.73 Å². The molecule has 27 heavy (non-hydrogen) atoms. The summed E-state index contributed by atoms with van der Waals surface area (Å²) in [4.78, 5) is 13.2. The van der Waals surface area contributed by atoms with Crippen molar-refractivity contribution in [3.63, 3.8) is 0 Å². The number of nitrogens with zero attached hydrogens (tertiary/aromatic N) is 2. The molecule has 5 heteroatoms. The lowest BCUT2D eigenvalue weighted by Gasteiger charge is -2.28. The fraction of sp³-hybridized carbons (Fsp3) is 0.364. The Morgan fingerprint density at radius 2 is 1.74 bits per heavy atom. The molecule has 0 bridgehead atoms. The van der Waals surface area contributed by atoms with Crippen molar-refractivity contribution in [3.8, 4) is 0 Å². The maximum atomic E-state index is 14.5. The second-order valence-corrected chi connectivity index (χ2v) is 7.43. The Morgan fingerprint density at radius 3 is 2.44 bits per heavy atom. The quantitative estimate of drug-likeness (QED) is 0.804. The molecule has 1 heterocycles. The number of nitrogen functional groups attached to an aromatic ring is 1. The van der Waals surface area contributed by atoms with Gasteiger partial charge in [0.05, 0.1) is 11.8 Å². The van der Waals surface area contributed by atoms with E-state index < -0.39 is 6.04 Å².